The lowest BCUT2D eigenvalue weighted by Crippen LogP contribution is -2.33. The van der Waals surface area contributed by atoms with Crippen molar-refractivity contribution < 1.29 is 4.74 Å². The summed E-state index contributed by atoms with van der Waals surface area (Å²) in [6, 6.07) is 0.495. The zero-order valence-corrected chi connectivity index (χ0v) is 9.32. The topological polar surface area (TPSA) is 39.1 Å². The first-order valence-corrected chi connectivity index (χ1v) is 4.96. The van der Waals surface area contributed by atoms with E-state index in [1.165, 1.54) is 0 Å². The second-order valence-electron chi connectivity index (χ2n) is 3.84. The predicted molar refractivity (Wildman–Crippen MR) is 56.4 cm³/mol. The molecule has 0 amide bonds. The van der Waals surface area contributed by atoms with Gasteiger partial charge in [-0.05, 0) is 6.92 Å². The minimum Gasteiger partial charge on any atom is -0.486 e. The summed E-state index contributed by atoms with van der Waals surface area (Å²) < 4.78 is 7.37. The molecule has 1 aromatic rings. The van der Waals surface area contributed by atoms with E-state index in [4.69, 9.17) is 4.74 Å². The average molecular weight is 197 g/mol. The maximum Gasteiger partial charge on any atom is 0.157 e. The van der Waals surface area contributed by atoms with E-state index in [-0.39, 0.29) is 6.10 Å². The van der Waals surface area contributed by atoms with Gasteiger partial charge in [0.2, 0.25) is 0 Å². The molecule has 4 heteroatoms. The van der Waals surface area contributed by atoms with Crippen LogP contribution in [-0.4, -0.2) is 28.5 Å². The maximum atomic E-state index is 5.64. The molecule has 1 N–H and O–H groups in total. The van der Waals surface area contributed by atoms with Crippen LogP contribution in [0.3, 0.4) is 0 Å². The van der Waals surface area contributed by atoms with Crippen LogP contribution in [0.2, 0.25) is 0 Å². The maximum absolute atomic E-state index is 5.64. The van der Waals surface area contributed by atoms with E-state index in [2.05, 4.69) is 24.3 Å². The Labute approximate surface area is 85.3 Å². The molecule has 0 aliphatic heterocycles. The minimum absolute atomic E-state index is 0.168. The summed E-state index contributed by atoms with van der Waals surface area (Å²) >= 11 is 0. The molecule has 0 aliphatic carbocycles. The number of aryl methyl sites for hydroxylation is 1. The summed E-state index contributed by atoms with van der Waals surface area (Å²) in [7, 11) is 1.88. The van der Waals surface area contributed by atoms with Gasteiger partial charge in [0.1, 0.15) is 6.10 Å². The molecule has 4 nitrogen and oxygen atoms in total. The number of hydrogen-bond acceptors (Lipinski definition) is 3. The molecular formula is C10H19N3O. The molecular weight excluding hydrogens is 178 g/mol. The molecule has 1 heterocycles. The molecule has 80 valence electrons. The molecule has 0 bridgehead atoms. The highest BCUT2D eigenvalue weighted by molar-refractivity contribution is 5.11. The number of ether oxygens (including phenoxy) is 1. The summed E-state index contributed by atoms with van der Waals surface area (Å²) in [5.41, 5.74) is 0. The fourth-order valence-corrected chi connectivity index (χ4v) is 1.14. The van der Waals surface area contributed by atoms with Crippen LogP contribution in [0.5, 0.6) is 5.75 Å². The molecule has 1 aromatic heterocycles. The lowest BCUT2D eigenvalue weighted by molar-refractivity contribution is 0.213. The van der Waals surface area contributed by atoms with Gasteiger partial charge in [-0.3, -0.25) is 4.68 Å². The van der Waals surface area contributed by atoms with E-state index in [9.17, 15) is 0 Å². The lowest BCUT2D eigenvalue weighted by Gasteiger charge is -2.15. The molecule has 0 saturated carbocycles. The number of hydrogen-bond donors (Lipinski definition) is 1. The average Bonchev–Trinajstić information content (AvgIpc) is 2.48. The normalized spacial score (nSPS) is 13.2. The third kappa shape index (κ3) is 3.79. The Hall–Kier alpha value is -1.03. The standard InChI is InChI=1S/C10H19N3O/c1-8(2)11-5-9(3)14-10-6-12-13(4)7-10/h6-9,11H,5H2,1-4H3. The fourth-order valence-electron chi connectivity index (χ4n) is 1.14. The molecule has 0 aromatic carbocycles. The Kier molecular flexibility index (Phi) is 3.95. The van der Waals surface area contributed by atoms with E-state index in [1.54, 1.807) is 10.9 Å². The van der Waals surface area contributed by atoms with E-state index >= 15 is 0 Å². The van der Waals surface area contributed by atoms with Gasteiger partial charge in [-0.1, -0.05) is 13.8 Å². The van der Waals surface area contributed by atoms with Gasteiger partial charge in [0.05, 0.1) is 12.4 Å². The van der Waals surface area contributed by atoms with Gasteiger partial charge in [-0.15, -0.1) is 0 Å². The van der Waals surface area contributed by atoms with Crippen molar-refractivity contribution in [3.05, 3.63) is 12.4 Å². The van der Waals surface area contributed by atoms with Gasteiger partial charge in [0, 0.05) is 19.6 Å². The van der Waals surface area contributed by atoms with E-state index in [0.717, 1.165) is 12.3 Å². The van der Waals surface area contributed by atoms with Crippen molar-refractivity contribution in [3.8, 4) is 5.75 Å². The number of nitrogens with one attached hydrogen (secondary N) is 1. The Morgan fingerprint density at radius 2 is 2.21 bits per heavy atom. The SMILES string of the molecule is CC(C)NCC(C)Oc1cnn(C)c1. The van der Waals surface area contributed by atoms with Crippen molar-refractivity contribution in [3.63, 3.8) is 0 Å². The van der Waals surface area contributed by atoms with E-state index < -0.39 is 0 Å². The van der Waals surface area contributed by atoms with Gasteiger partial charge in [0.15, 0.2) is 5.75 Å². The third-order valence-electron chi connectivity index (χ3n) is 1.83. The van der Waals surface area contributed by atoms with Crippen LogP contribution in [0.1, 0.15) is 20.8 Å². The third-order valence-corrected chi connectivity index (χ3v) is 1.83. The highest BCUT2D eigenvalue weighted by Crippen LogP contribution is 2.09. The molecule has 1 rings (SSSR count). The second-order valence-corrected chi connectivity index (χ2v) is 3.84. The summed E-state index contributed by atoms with van der Waals surface area (Å²) in [6.45, 7) is 7.14. The van der Waals surface area contributed by atoms with Crippen molar-refractivity contribution in [1.82, 2.24) is 15.1 Å². The minimum atomic E-state index is 0.168. The van der Waals surface area contributed by atoms with Gasteiger partial charge in [-0.2, -0.15) is 5.10 Å². The van der Waals surface area contributed by atoms with Crippen LogP contribution >= 0.6 is 0 Å². The molecule has 1 atom stereocenters. The lowest BCUT2D eigenvalue weighted by atomic mass is 10.3. The molecule has 14 heavy (non-hydrogen) atoms. The molecule has 0 fully saturated rings. The van der Waals surface area contributed by atoms with E-state index in [0.29, 0.717) is 6.04 Å². The summed E-state index contributed by atoms with van der Waals surface area (Å²) in [6.07, 6.45) is 3.76. The van der Waals surface area contributed by atoms with Crippen molar-refractivity contribution in [2.75, 3.05) is 6.54 Å². The fraction of sp³-hybridized carbons (Fsp3) is 0.700. The van der Waals surface area contributed by atoms with Crippen molar-refractivity contribution in [1.29, 1.82) is 0 Å². The Bertz CT molecular complexity index is 270. The molecule has 0 radical (unpaired) electrons. The van der Waals surface area contributed by atoms with Gasteiger partial charge in [-0.25, -0.2) is 0 Å². The first-order valence-electron chi connectivity index (χ1n) is 4.96. The van der Waals surface area contributed by atoms with Crippen LogP contribution in [-0.2, 0) is 7.05 Å². The van der Waals surface area contributed by atoms with E-state index in [1.807, 2.05) is 20.2 Å². The van der Waals surface area contributed by atoms with Crippen LogP contribution in [0.4, 0.5) is 0 Å². The molecule has 1 unspecified atom stereocenters. The summed E-state index contributed by atoms with van der Waals surface area (Å²) in [5, 5.41) is 7.36. The first kappa shape index (κ1) is 11.0. The Balaban J connectivity index is 2.30. The van der Waals surface area contributed by atoms with Gasteiger partial charge in [0.25, 0.3) is 0 Å². The Morgan fingerprint density at radius 3 is 2.71 bits per heavy atom. The number of rotatable bonds is 5. The van der Waals surface area contributed by atoms with Gasteiger partial charge >= 0.3 is 0 Å². The van der Waals surface area contributed by atoms with Crippen molar-refractivity contribution in [2.24, 2.45) is 7.05 Å². The highest BCUT2D eigenvalue weighted by atomic mass is 16.5. The van der Waals surface area contributed by atoms with Crippen molar-refractivity contribution in [2.45, 2.75) is 32.9 Å². The first-order chi connectivity index (χ1) is 6.58. The largest absolute Gasteiger partial charge is 0.486 e. The zero-order chi connectivity index (χ0) is 10.6. The quantitative estimate of drug-likeness (QED) is 0.770. The molecule has 0 aliphatic rings. The van der Waals surface area contributed by atoms with Crippen LogP contribution < -0.4 is 10.1 Å². The van der Waals surface area contributed by atoms with Crippen LogP contribution in [0.15, 0.2) is 12.4 Å². The van der Waals surface area contributed by atoms with Crippen molar-refractivity contribution >= 4 is 0 Å². The predicted octanol–water partition coefficient (Wildman–Crippen LogP) is 1.19. The monoisotopic (exact) mass is 197 g/mol. The molecule has 0 spiro atoms. The smallest absolute Gasteiger partial charge is 0.157 e. The molecule has 0 saturated heterocycles. The highest BCUT2D eigenvalue weighted by Gasteiger charge is 2.05. The summed E-state index contributed by atoms with van der Waals surface area (Å²) in [4.78, 5) is 0. The van der Waals surface area contributed by atoms with Gasteiger partial charge < -0.3 is 10.1 Å². The summed E-state index contributed by atoms with van der Waals surface area (Å²) in [5.74, 6) is 0.825. The van der Waals surface area contributed by atoms with Crippen LogP contribution in [0.25, 0.3) is 0 Å². The Morgan fingerprint density at radius 1 is 1.50 bits per heavy atom. The number of aromatic nitrogens is 2. The van der Waals surface area contributed by atoms with Crippen LogP contribution in [0, 0.1) is 0 Å². The number of nitrogens with zero attached hydrogens (tertiary/aromatic N) is 2. The zero-order valence-electron chi connectivity index (χ0n) is 9.32. The second kappa shape index (κ2) is 5.00.